The first-order valence-corrected chi connectivity index (χ1v) is 11.6. The van der Waals surface area contributed by atoms with E-state index in [-0.39, 0.29) is 36.6 Å². The fraction of sp³-hybridized carbons (Fsp3) is 1.00. The molecule has 3 aliphatic rings. The molecule has 0 amide bonds. The van der Waals surface area contributed by atoms with Gasteiger partial charge in [-0.15, -0.1) is 0 Å². The van der Waals surface area contributed by atoms with E-state index in [2.05, 4.69) is 55.4 Å². The van der Waals surface area contributed by atoms with Crippen LogP contribution in [0.3, 0.4) is 0 Å². The molecule has 0 spiro atoms. The molecule has 1 unspecified atom stereocenters. The quantitative estimate of drug-likeness (QED) is 0.528. The zero-order valence-corrected chi connectivity index (χ0v) is 19.6. The molecule has 1 saturated carbocycles. The third-order valence-electron chi connectivity index (χ3n) is 8.16. The minimum Gasteiger partial charge on any atom is -0.403 e. The summed E-state index contributed by atoms with van der Waals surface area (Å²) in [6.07, 6.45) is 9.83. The van der Waals surface area contributed by atoms with E-state index < -0.39 is 0 Å². The summed E-state index contributed by atoms with van der Waals surface area (Å²) in [6.45, 7) is 17.2. The Bertz CT molecular complexity index is 509. The van der Waals surface area contributed by atoms with E-state index in [1.807, 2.05) is 0 Å². The molecule has 28 heavy (non-hydrogen) atoms. The minimum absolute atomic E-state index is 0.0913. The van der Waals surface area contributed by atoms with Gasteiger partial charge >= 0.3 is 14.2 Å². The van der Waals surface area contributed by atoms with E-state index in [0.717, 1.165) is 19.2 Å². The molecule has 0 radical (unpaired) electrons. The van der Waals surface area contributed by atoms with Gasteiger partial charge in [0, 0.05) is 0 Å². The molecular formula is C22H42B2O4. The molecule has 0 bridgehead atoms. The standard InChI is InChI=1S/C22H42B2O4/c1-19(2)20(3,4)26-23(25-19)16-12-15-18(17-13-10-9-11-14-17)24-27-21(5,6)22(7,8)28-24/h17-18H,9-16H2,1-8H3. The molecule has 2 heterocycles. The van der Waals surface area contributed by atoms with Crippen LogP contribution in [-0.2, 0) is 18.6 Å². The largest absolute Gasteiger partial charge is 0.461 e. The molecule has 6 heteroatoms. The highest BCUT2D eigenvalue weighted by molar-refractivity contribution is 6.47. The summed E-state index contributed by atoms with van der Waals surface area (Å²) < 4.78 is 25.4. The fourth-order valence-electron chi connectivity index (χ4n) is 4.82. The Kier molecular flexibility index (Phi) is 6.39. The Morgan fingerprint density at radius 3 is 1.68 bits per heavy atom. The van der Waals surface area contributed by atoms with Gasteiger partial charge in [0.2, 0.25) is 0 Å². The highest BCUT2D eigenvalue weighted by Crippen LogP contribution is 2.47. The Labute approximate surface area is 174 Å². The highest BCUT2D eigenvalue weighted by atomic mass is 16.7. The summed E-state index contributed by atoms with van der Waals surface area (Å²) in [4.78, 5) is 0. The maximum atomic E-state index is 6.48. The molecule has 1 aliphatic carbocycles. The molecule has 3 fully saturated rings. The summed E-state index contributed by atoms with van der Waals surface area (Å²) in [6, 6.07) is 0. The van der Waals surface area contributed by atoms with Crippen LogP contribution in [0.1, 0.15) is 100 Å². The molecule has 0 aromatic carbocycles. The van der Waals surface area contributed by atoms with E-state index in [9.17, 15) is 0 Å². The van der Waals surface area contributed by atoms with E-state index >= 15 is 0 Å². The maximum absolute atomic E-state index is 6.48. The molecular weight excluding hydrogens is 350 g/mol. The van der Waals surface area contributed by atoms with Crippen LogP contribution in [0, 0.1) is 5.92 Å². The lowest BCUT2D eigenvalue weighted by Gasteiger charge is -2.32. The normalized spacial score (nSPS) is 30.0. The van der Waals surface area contributed by atoms with Crippen molar-refractivity contribution in [2.45, 2.75) is 135 Å². The van der Waals surface area contributed by atoms with Crippen molar-refractivity contribution in [3.8, 4) is 0 Å². The van der Waals surface area contributed by atoms with Gasteiger partial charge in [-0.3, -0.25) is 0 Å². The molecule has 160 valence electrons. The van der Waals surface area contributed by atoms with Gasteiger partial charge in [0.25, 0.3) is 0 Å². The van der Waals surface area contributed by atoms with E-state index in [0.29, 0.717) is 11.7 Å². The van der Waals surface area contributed by atoms with Gasteiger partial charge < -0.3 is 18.6 Å². The molecule has 0 aromatic heterocycles. The summed E-state index contributed by atoms with van der Waals surface area (Å²) in [7, 11) is -0.193. The second-order valence-electron chi connectivity index (χ2n) is 11.3. The zero-order valence-electron chi connectivity index (χ0n) is 19.6. The van der Waals surface area contributed by atoms with Crippen LogP contribution in [0.2, 0.25) is 12.1 Å². The predicted molar refractivity (Wildman–Crippen MR) is 117 cm³/mol. The Morgan fingerprint density at radius 2 is 1.18 bits per heavy atom. The molecule has 2 saturated heterocycles. The average Bonchev–Trinajstić information content (AvgIpc) is 2.91. The second-order valence-corrected chi connectivity index (χ2v) is 11.3. The molecule has 4 nitrogen and oxygen atoms in total. The van der Waals surface area contributed by atoms with Crippen LogP contribution < -0.4 is 0 Å². The third kappa shape index (κ3) is 4.50. The first-order chi connectivity index (χ1) is 12.8. The smallest absolute Gasteiger partial charge is 0.403 e. The Balaban J connectivity index is 1.61. The lowest BCUT2D eigenvalue weighted by atomic mass is 9.59. The van der Waals surface area contributed by atoms with Crippen LogP contribution in [-0.4, -0.2) is 36.6 Å². The number of hydrogen-bond acceptors (Lipinski definition) is 4. The van der Waals surface area contributed by atoms with Gasteiger partial charge in [-0.1, -0.05) is 44.9 Å². The van der Waals surface area contributed by atoms with Crippen molar-refractivity contribution < 1.29 is 18.6 Å². The molecule has 2 aliphatic heterocycles. The minimum atomic E-state index is -0.254. The van der Waals surface area contributed by atoms with Gasteiger partial charge in [-0.05, 0) is 73.4 Å². The SMILES string of the molecule is CC1(C)OB(CCCC(B2OC(C)(C)C(C)(C)O2)C2CCCCC2)OC1(C)C. The van der Waals surface area contributed by atoms with Crippen LogP contribution in [0.5, 0.6) is 0 Å². The zero-order chi connectivity index (χ0) is 20.8. The summed E-state index contributed by atoms with van der Waals surface area (Å²) in [5.74, 6) is 1.17. The van der Waals surface area contributed by atoms with Crippen LogP contribution in [0.4, 0.5) is 0 Å². The van der Waals surface area contributed by atoms with Crippen LogP contribution >= 0.6 is 0 Å². The van der Waals surface area contributed by atoms with E-state index in [1.54, 1.807) is 0 Å². The van der Waals surface area contributed by atoms with Crippen molar-refractivity contribution in [3.63, 3.8) is 0 Å². The molecule has 0 N–H and O–H groups in total. The highest BCUT2D eigenvalue weighted by Gasteiger charge is 2.55. The second kappa shape index (κ2) is 7.90. The van der Waals surface area contributed by atoms with Gasteiger partial charge in [0.05, 0.1) is 22.4 Å². The van der Waals surface area contributed by atoms with Gasteiger partial charge in [-0.2, -0.15) is 0 Å². The Morgan fingerprint density at radius 1 is 0.714 bits per heavy atom. The van der Waals surface area contributed by atoms with Gasteiger partial charge in [0.1, 0.15) is 0 Å². The summed E-state index contributed by atoms with van der Waals surface area (Å²) >= 11 is 0. The first kappa shape index (κ1) is 22.7. The molecule has 1 atom stereocenters. The lowest BCUT2D eigenvalue weighted by Crippen LogP contribution is -2.41. The van der Waals surface area contributed by atoms with Crippen molar-refractivity contribution in [1.29, 1.82) is 0 Å². The van der Waals surface area contributed by atoms with Gasteiger partial charge in [0.15, 0.2) is 0 Å². The number of rotatable bonds is 6. The van der Waals surface area contributed by atoms with Crippen molar-refractivity contribution in [2.75, 3.05) is 0 Å². The molecule has 3 rings (SSSR count). The number of hydrogen-bond donors (Lipinski definition) is 0. The first-order valence-electron chi connectivity index (χ1n) is 11.6. The lowest BCUT2D eigenvalue weighted by molar-refractivity contribution is 0.00578. The van der Waals surface area contributed by atoms with Gasteiger partial charge in [-0.25, -0.2) is 0 Å². The average molecular weight is 392 g/mol. The summed E-state index contributed by atoms with van der Waals surface area (Å²) in [5.41, 5.74) is -0.995. The van der Waals surface area contributed by atoms with Crippen molar-refractivity contribution in [2.24, 2.45) is 5.92 Å². The van der Waals surface area contributed by atoms with Crippen molar-refractivity contribution in [3.05, 3.63) is 0 Å². The Hall–Kier alpha value is -0.0301. The van der Waals surface area contributed by atoms with Crippen molar-refractivity contribution >= 4 is 14.2 Å². The van der Waals surface area contributed by atoms with Crippen molar-refractivity contribution in [1.82, 2.24) is 0 Å². The van der Waals surface area contributed by atoms with E-state index in [4.69, 9.17) is 18.6 Å². The fourth-order valence-corrected chi connectivity index (χ4v) is 4.82. The predicted octanol–water partition coefficient (Wildman–Crippen LogP) is 5.90. The monoisotopic (exact) mass is 392 g/mol. The third-order valence-corrected chi connectivity index (χ3v) is 8.16. The van der Waals surface area contributed by atoms with E-state index in [1.165, 1.54) is 32.1 Å². The van der Waals surface area contributed by atoms with Crippen LogP contribution in [0.25, 0.3) is 0 Å². The topological polar surface area (TPSA) is 36.9 Å². The maximum Gasteiger partial charge on any atom is 0.461 e. The molecule has 0 aromatic rings. The van der Waals surface area contributed by atoms with Crippen LogP contribution in [0.15, 0.2) is 0 Å². The summed E-state index contributed by atoms with van der Waals surface area (Å²) in [5, 5.41) is 0.